The van der Waals surface area contributed by atoms with Gasteiger partial charge in [-0.2, -0.15) is 0 Å². The largest absolute Gasteiger partial charge is 0.460 e. The van der Waals surface area contributed by atoms with Crippen molar-refractivity contribution in [3.05, 3.63) is 35.4 Å². The summed E-state index contributed by atoms with van der Waals surface area (Å²) in [6.07, 6.45) is 2.20. The first kappa shape index (κ1) is 11.1. The smallest absolute Gasteiger partial charge is 0.309 e. The van der Waals surface area contributed by atoms with Crippen molar-refractivity contribution in [1.82, 2.24) is 0 Å². The quantitative estimate of drug-likeness (QED) is 0.524. The van der Waals surface area contributed by atoms with Crippen LogP contribution >= 0.6 is 0 Å². The minimum Gasteiger partial charge on any atom is -0.460 e. The molecule has 2 bridgehead atoms. The first-order valence-electron chi connectivity index (χ1n) is 7.01. The van der Waals surface area contributed by atoms with Crippen LogP contribution in [0.15, 0.2) is 24.3 Å². The number of esters is 1. The Bertz CT molecular complexity index is 607. The molecule has 2 aliphatic carbocycles. The zero-order valence-corrected chi connectivity index (χ0v) is 10.9. The molecule has 0 spiro atoms. The molecule has 0 aromatic heterocycles. The maximum Gasteiger partial charge on any atom is 0.309 e. The molecule has 0 N–H and O–H groups in total. The van der Waals surface area contributed by atoms with E-state index in [1.807, 2.05) is 12.1 Å². The molecular formula is C17H16O2. The fraction of sp³-hybridized carbons (Fsp3) is 0.471. The third-order valence-electron chi connectivity index (χ3n) is 4.89. The SMILES string of the molecule is Cc1cccc(C#C[C@@H]2[C@@H]3C[C@@H]4[C@H]2OC(=O)[C@@H]4C3)c1. The zero-order valence-electron chi connectivity index (χ0n) is 10.9. The molecule has 0 amide bonds. The Morgan fingerprint density at radius 3 is 3.05 bits per heavy atom. The molecule has 19 heavy (non-hydrogen) atoms. The second kappa shape index (κ2) is 3.87. The molecule has 1 aromatic carbocycles. The summed E-state index contributed by atoms with van der Waals surface area (Å²) in [4.78, 5) is 11.7. The molecule has 1 heterocycles. The lowest BCUT2D eigenvalue weighted by Crippen LogP contribution is -2.25. The maximum atomic E-state index is 11.7. The Balaban J connectivity index is 1.61. The van der Waals surface area contributed by atoms with E-state index in [0.29, 0.717) is 11.8 Å². The van der Waals surface area contributed by atoms with Gasteiger partial charge in [0.05, 0.1) is 11.8 Å². The van der Waals surface area contributed by atoms with Gasteiger partial charge in [0.15, 0.2) is 0 Å². The van der Waals surface area contributed by atoms with Gasteiger partial charge in [-0.25, -0.2) is 0 Å². The van der Waals surface area contributed by atoms with Crippen LogP contribution < -0.4 is 0 Å². The van der Waals surface area contributed by atoms with Gasteiger partial charge in [-0.3, -0.25) is 4.79 Å². The Morgan fingerprint density at radius 2 is 2.21 bits per heavy atom. The van der Waals surface area contributed by atoms with Gasteiger partial charge >= 0.3 is 5.97 Å². The number of hydrogen-bond donors (Lipinski definition) is 0. The molecule has 3 aliphatic rings. The summed E-state index contributed by atoms with van der Waals surface area (Å²) in [7, 11) is 0. The minimum atomic E-state index is 0.0253. The Labute approximate surface area is 113 Å². The number of hydrogen-bond acceptors (Lipinski definition) is 2. The van der Waals surface area contributed by atoms with Crippen LogP contribution in [0.25, 0.3) is 0 Å². The highest BCUT2D eigenvalue weighted by atomic mass is 16.6. The van der Waals surface area contributed by atoms with Crippen LogP contribution in [0.5, 0.6) is 0 Å². The van der Waals surface area contributed by atoms with E-state index >= 15 is 0 Å². The monoisotopic (exact) mass is 252 g/mol. The molecule has 1 saturated heterocycles. The van der Waals surface area contributed by atoms with Crippen molar-refractivity contribution in [2.45, 2.75) is 25.9 Å². The van der Waals surface area contributed by atoms with E-state index in [9.17, 15) is 4.79 Å². The molecule has 1 aromatic rings. The molecule has 2 nitrogen and oxygen atoms in total. The van der Waals surface area contributed by atoms with Crippen molar-refractivity contribution < 1.29 is 9.53 Å². The molecular weight excluding hydrogens is 236 g/mol. The van der Waals surface area contributed by atoms with Gasteiger partial charge in [0.25, 0.3) is 0 Å². The third-order valence-corrected chi connectivity index (χ3v) is 4.89. The van der Waals surface area contributed by atoms with Crippen molar-refractivity contribution in [1.29, 1.82) is 0 Å². The fourth-order valence-corrected chi connectivity index (χ4v) is 4.04. The highest BCUT2D eigenvalue weighted by Gasteiger charge is 2.61. The third kappa shape index (κ3) is 1.61. The van der Waals surface area contributed by atoms with Crippen LogP contribution in [0.3, 0.4) is 0 Å². The summed E-state index contributed by atoms with van der Waals surface area (Å²) < 4.78 is 5.52. The van der Waals surface area contributed by atoms with Crippen LogP contribution in [-0.4, -0.2) is 12.1 Å². The molecule has 2 heteroatoms. The van der Waals surface area contributed by atoms with Crippen LogP contribution in [-0.2, 0) is 9.53 Å². The Morgan fingerprint density at radius 1 is 1.32 bits per heavy atom. The van der Waals surface area contributed by atoms with Gasteiger partial charge in [0.2, 0.25) is 0 Å². The topological polar surface area (TPSA) is 26.3 Å². The molecule has 0 radical (unpaired) electrons. The van der Waals surface area contributed by atoms with Gasteiger partial charge < -0.3 is 4.74 Å². The average molecular weight is 252 g/mol. The maximum absolute atomic E-state index is 11.7. The molecule has 96 valence electrons. The first-order chi connectivity index (χ1) is 9.22. The molecule has 5 atom stereocenters. The van der Waals surface area contributed by atoms with E-state index in [1.165, 1.54) is 5.56 Å². The van der Waals surface area contributed by atoms with Crippen molar-refractivity contribution in [3.63, 3.8) is 0 Å². The van der Waals surface area contributed by atoms with Gasteiger partial charge in [-0.1, -0.05) is 24.0 Å². The summed E-state index contributed by atoms with van der Waals surface area (Å²) in [6.45, 7) is 2.08. The van der Waals surface area contributed by atoms with E-state index in [2.05, 4.69) is 30.9 Å². The molecule has 4 rings (SSSR count). The zero-order chi connectivity index (χ0) is 13.0. The number of carbonyl (C=O) groups is 1. The van der Waals surface area contributed by atoms with Crippen LogP contribution in [0, 0.1) is 42.4 Å². The number of carbonyl (C=O) groups excluding carboxylic acids is 1. The van der Waals surface area contributed by atoms with Crippen molar-refractivity contribution in [2.24, 2.45) is 23.7 Å². The summed E-state index contributed by atoms with van der Waals surface area (Å²) in [6, 6.07) is 8.25. The summed E-state index contributed by atoms with van der Waals surface area (Å²) in [5, 5.41) is 0. The van der Waals surface area contributed by atoms with E-state index in [0.717, 1.165) is 18.4 Å². The van der Waals surface area contributed by atoms with Crippen LogP contribution in [0.1, 0.15) is 24.0 Å². The normalized spacial score (nSPS) is 37.9. The summed E-state index contributed by atoms with van der Waals surface area (Å²) in [5.74, 6) is 8.14. The average Bonchev–Trinajstić information content (AvgIpc) is 2.99. The fourth-order valence-electron chi connectivity index (χ4n) is 4.04. The van der Waals surface area contributed by atoms with Crippen molar-refractivity contribution in [2.75, 3.05) is 0 Å². The van der Waals surface area contributed by atoms with Gasteiger partial charge in [0.1, 0.15) is 6.10 Å². The van der Waals surface area contributed by atoms with Crippen molar-refractivity contribution in [3.8, 4) is 11.8 Å². The minimum absolute atomic E-state index is 0.0253. The number of aryl methyl sites for hydroxylation is 1. The Kier molecular flexibility index (Phi) is 2.26. The number of benzene rings is 1. The standard InChI is InChI=1S/C17H16O2/c1-10-3-2-4-11(7-10)5-6-13-12-8-14-15(9-12)17(18)19-16(13)14/h2-4,7,12-16H,8-9H2,1H3/t12-,13-,14+,15-,16+/m1/s1. The molecule has 2 saturated carbocycles. The van der Waals surface area contributed by atoms with Gasteiger partial charge in [-0.05, 0) is 43.4 Å². The molecule has 1 aliphatic heterocycles. The van der Waals surface area contributed by atoms with E-state index in [1.54, 1.807) is 0 Å². The number of fused-ring (bicyclic) bond motifs is 1. The predicted molar refractivity (Wildman–Crippen MR) is 71.1 cm³/mol. The van der Waals surface area contributed by atoms with Gasteiger partial charge in [-0.15, -0.1) is 0 Å². The summed E-state index contributed by atoms with van der Waals surface area (Å²) in [5.41, 5.74) is 2.29. The Hall–Kier alpha value is -1.75. The highest BCUT2D eigenvalue weighted by Crippen LogP contribution is 2.57. The predicted octanol–water partition coefficient (Wildman–Crippen LogP) is 2.54. The second-order valence-electron chi connectivity index (χ2n) is 6.07. The van der Waals surface area contributed by atoms with Crippen molar-refractivity contribution >= 4 is 5.97 Å². The number of rotatable bonds is 0. The number of ether oxygens (including phenoxy) is 1. The lowest BCUT2D eigenvalue weighted by atomic mass is 9.82. The van der Waals surface area contributed by atoms with Crippen LogP contribution in [0.2, 0.25) is 0 Å². The molecule has 0 unspecified atom stereocenters. The second-order valence-corrected chi connectivity index (χ2v) is 6.07. The van der Waals surface area contributed by atoms with E-state index < -0.39 is 0 Å². The lowest BCUT2D eigenvalue weighted by molar-refractivity contribution is -0.143. The van der Waals surface area contributed by atoms with Crippen LogP contribution in [0.4, 0.5) is 0 Å². The van der Waals surface area contributed by atoms with E-state index in [4.69, 9.17) is 4.74 Å². The highest BCUT2D eigenvalue weighted by molar-refractivity contribution is 5.76. The molecule has 3 fully saturated rings. The first-order valence-corrected chi connectivity index (χ1v) is 7.01. The summed E-state index contributed by atoms with van der Waals surface area (Å²) >= 11 is 0. The van der Waals surface area contributed by atoms with Gasteiger partial charge in [0, 0.05) is 11.5 Å². The lowest BCUT2D eigenvalue weighted by Gasteiger charge is -2.20. The van der Waals surface area contributed by atoms with E-state index in [-0.39, 0.29) is 23.9 Å².